The molecule has 0 aliphatic rings. The Labute approximate surface area is 114 Å². The summed E-state index contributed by atoms with van der Waals surface area (Å²) < 4.78 is 1.00. The number of nitrogens with zero attached hydrogens (tertiary/aromatic N) is 1. The van der Waals surface area contributed by atoms with Crippen LogP contribution in [0.1, 0.15) is 26.5 Å². The maximum absolute atomic E-state index is 11.7. The van der Waals surface area contributed by atoms with Gasteiger partial charge in [-0.15, -0.1) is 0 Å². The Morgan fingerprint density at radius 2 is 1.78 bits per heavy atom. The molecule has 0 radical (unpaired) electrons. The fraction of sp³-hybridized carbons (Fsp3) is 0.286. The van der Waals surface area contributed by atoms with E-state index >= 15 is 0 Å². The van der Waals surface area contributed by atoms with Crippen LogP contribution in [0.2, 0.25) is 0 Å². The first-order valence-electron chi connectivity index (χ1n) is 5.74. The van der Waals surface area contributed by atoms with E-state index in [1.165, 1.54) is 0 Å². The summed E-state index contributed by atoms with van der Waals surface area (Å²) in [6.45, 7) is 6.13. The van der Waals surface area contributed by atoms with Gasteiger partial charge in [-0.3, -0.25) is 4.79 Å². The van der Waals surface area contributed by atoms with Crippen LogP contribution < -0.4 is 5.56 Å². The number of aromatic nitrogens is 2. The topological polar surface area (TPSA) is 45.8 Å². The van der Waals surface area contributed by atoms with Crippen molar-refractivity contribution >= 4 is 15.9 Å². The predicted molar refractivity (Wildman–Crippen MR) is 76.7 cm³/mol. The summed E-state index contributed by atoms with van der Waals surface area (Å²) in [6, 6.07) is 9.27. The molecule has 0 aliphatic heterocycles. The van der Waals surface area contributed by atoms with Gasteiger partial charge in [0.15, 0.2) is 0 Å². The van der Waals surface area contributed by atoms with Crippen molar-refractivity contribution in [2.45, 2.75) is 26.2 Å². The van der Waals surface area contributed by atoms with Gasteiger partial charge in [-0.2, -0.15) is 0 Å². The van der Waals surface area contributed by atoms with Crippen molar-refractivity contribution in [1.82, 2.24) is 9.97 Å². The maximum Gasteiger partial charge on any atom is 0.251 e. The third-order valence-electron chi connectivity index (χ3n) is 2.63. The largest absolute Gasteiger partial charge is 0.307 e. The fourth-order valence-corrected chi connectivity index (χ4v) is 1.85. The Kier molecular flexibility index (Phi) is 3.39. The van der Waals surface area contributed by atoms with Crippen molar-refractivity contribution in [3.05, 3.63) is 50.9 Å². The lowest BCUT2D eigenvalue weighted by molar-refractivity contribution is 0.566. The molecule has 94 valence electrons. The van der Waals surface area contributed by atoms with Crippen molar-refractivity contribution < 1.29 is 0 Å². The molecule has 2 rings (SSSR count). The van der Waals surface area contributed by atoms with Crippen LogP contribution in [0.25, 0.3) is 11.4 Å². The van der Waals surface area contributed by atoms with Gasteiger partial charge in [0.2, 0.25) is 0 Å². The van der Waals surface area contributed by atoms with Crippen molar-refractivity contribution in [3.63, 3.8) is 0 Å². The quantitative estimate of drug-likeness (QED) is 0.876. The van der Waals surface area contributed by atoms with Crippen molar-refractivity contribution in [3.8, 4) is 11.4 Å². The summed E-state index contributed by atoms with van der Waals surface area (Å²) in [5.41, 5.74) is 1.44. The van der Waals surface area contributed by atoms with Crippen LogP contribution in [0, 0.1) is 0 Å². The molecule has 1 aromatic carbocycles. The first kappa shape index (κ1) is 13.0. The minimum Gasteiger partial charge on any atom is -0.307 e. The molecular weight excluding hydrogens is 292 g/mol. The molecule has 18 heavy (non-hydrogen) atoms. The SMILES string of the molecule is CC(C)(C)c1cc(=O)[nH]c(-c2ccc(Br)cc2)n1. The van der Waals surface area contributed by atoms with Gasteiger partial charge >= 0.3 is 0 Å². The molecule has 0 unspecified atom stereocenters. The molecule has 0 saturated heterocycles. The van der Waals surface area contributed by atoms with E-state index in [0.29, 0.717) is 5.82 Å². The van der Waals surface area contributed by atoms with Crippen LogP contribution in [0.4, 0.5) is 0 Å². The van der Waals surface area contributed by atoms with E-state index in [1.54, 1.807) is 6.07 Å². The van der Waals surface area contributed by atoms with Crippen LogP contribution in [0.3, 0.4) is 0 Å². The Morgan fingerprint density at radius 3 is 2.33 bits per heavy atom. The average molecular weight is 307 g/mol. The predicted octanol–water partition coefficient (Wildman–Crippen LogP) is 3.50. The highest BCUT2D eigenvalue weighted by Crippen LogP contribution is 2.22. The van der Waals surface area contributed by atoms with Crippen molar-refractivity contribution in [2.75, 3.05) is 0 Å². The second kappa shape index (κ2) is 4.69. The zero-order chi connectivity index (χ0) is 13.3. The number of aromatic amines is 1. The molecule has 0 fully saturated rings. The average Bonchev–Trinajstić information content (AvgIpc) is 2.28. The van der Waals surface area contributed by atoms with Gasteiger partial charge in [-0.25, -0.2) is 4.98 Å². The monoisotopic (exact) mass is 306 g/mol. The molecule has 0 amide bonds. The van der Waals surface area contributed by atoms with Gasteiger partial charge < -0.3 is 4.98 Å². The van der Waals surface area contributed by atoms with Crippen LogP contribution >= 0.6 is 15.9 Å². The first-order chi connectivity index (χ1) is 8.36. The second-order valence-corrected chi connectivity index (χ2v) is 6.15. The zero-order valence-corrected chi connectivity index (χ0v) is 12.2. The Morgan fingerprint density at radius 1 is 1.17 bits per heavy atom. The minimum atomic E-state index is -0.141. The molecule has 4 heteroatoms. The Hall–Kier alpha value is -1.42. The molecule has 2 aromatic rings. The van der Waals surface area contributed by atoms with E-state index < -0.39 is 0 Å². The highest BCUT2D eigenvalue weighted by molar-refractivity contribution is 9.10. The van der Waals surface area contributed by atoms with Crippen molar-refractivity contribution in [2.24, 2.45) is 0 Å². The van der Waals surface area contributed by atoms with E-state index in [-0.39, 0.29) is 11.0 Å². The number of rotatable bonds is 1. The summed E-state index contributed by atoms with van der Waals surface area (Å²) in [7, 11) is 0. The lowest BCUT2D eigenvalue weighted by Crippen LogP contribution is -2.19. The molecule has 1 heterocycles. The Bertz CT molecular complexity index is 609. The van der Waals surface area contributed by atoms with Crippen LogP contribution in [0.15, 0.2) is 39.6 Å². The number of halogens is 1. The number of benzene rings is 1. The molecule has 0 atom stereocenters. The van der Waals surface area contributed by atoms with Gasteiger partial charge in [-0.05, 0) is 12.1 Å². The van der Waals surface area contributed by atoms with Crippen LogP contribution in [0.5, 0.6) is 0 Å². The summed E-state index contributed by atoms with van der Waals surface area (Å²) in [6.07, 6.45) is 0. The van der Waals surface area contributed by atoms with E-state index in [1.807, 2.05) is 45.0 Å². The first-order valence-corrected chi connectivity index (χ1v) is 6.53. The summed E-state index contributed by atoms with van der Waals surface area (Å²) >= 11 is 3.39. The zero-order valence-electron chi connectivity index (χ0n) is 10.6. The van der Waals surface area contributed by atoms with E-state index in [0.717, 1.165) is 15.7 Å². The molecular formula is C14H15BrN2O. The second-order valence-electron chi connectivity index (χ2n) is 5.24. The van der Waals surface area contributed by atoms with Gasteiger partial charge in [0, 0.05) is 21.5 Å². The van der Waals surface area contributed by atoms with Gasteiger partial charge in [0.1, 0.15) is 5.82 Å². The third-order valence-corrected chi connectivity index (χ3v) is 3.16. The number of H-pyrrole nitrogens is 1. The summed E-state index contributed by atoms with van der Waals surface area (Å²) in [4.78, 5) is 19.0. The molecule has 0 saturated carbocycles. The van der Waals surface area contributed by atoms with E-state index in [2.05, 4.69) is 25.9 Å². The highest BCUT2D eigenvalue weighted by Gasteiger charge is 2.17. The number of hydrogen-bond acceptors (Lipinski definition) is 2. The van der Waals surface area contributed by atoms with E-state index in [9.17, 15) is 4.79 Å². The lowest BCUT2D eigenvalue weighted by Gasteiger charge is -2.17. The highest BCUT2D eigenvalue weighted by atomic mass is 79.9. The number of hydrogen-bond donors (Lipinski definition) is 1. The fourth-order valence-electron chi connectivity index (χ4n) is 1.59. The smallest absolute Gasteiger partial charge is 0.251 e. The third kappa shape index (κ3) is 2.88. The Balaban J connectivity index is 2.55. The van der Waals surface area contributed by atoms with E-state index in [4.69, 9.17) is 0 Å². The van der Waals surface area contributed by atoms with Crippen LogP contribution in [-0.4, -0.2) is 9.97 Å². The standard InChI is InChI=1S/C14H15BrN2O/c1-14(2,3)11-8-12(18)17-13(16-11)9-4-6-10(15)7-5-9/h4-8H,1-3H3,(H,16,17,18). The summed E-state index contributed by atoms with van der Waals surface area (Å²) in [5, 5.41) is 0. The molecule has 0 spiro atoms. The molecule has 0 aliphatic carbocycles. The van der Waals surface area contributed by atoms with Gasteiger partial charge in [-0.1, -0.05) is 48.8 Å². The van der Waals surface area contributed by atoms with Crippen molar-refractivity contribution in [1.29, 1.82) is 0 Å². The molecule has 1 aromatic heterocycles. The van der Waals surface area contributed by atoms with Gasteiger partial charge in [0.25, 0.3) is 5.56 Å². The summed E-state index contributed by atoms with van der Waals surface area (Å²) in [5.74, 6) is 0.611. The molecule has 0 bridgehead atoms. The normalized spacial score (nSPS) is 11.6. The number of nitrogens with one attached hydrogen (secondary N) is 1. The minimum absolute atomic E-state index is 0.118. The molecule has 3 nitrogen and oxygen atoms in total. The van der Waals surface area contributed by atoms with Gasteiger partial charge in [0.05, 0.1) is 5.69 Å². The molecule has 1 N–H and O–H groups in total. The van der Waals surface area contributed by atoms with Crippen LogP contribution in [-0.2, 0) is 5.41 Å². The lowest BCUT2D eigenvalue weighted by atomic mass is 9.92. The maximum atomic E-state index is 11.7.